The van der Waals surface area contributed by atoms with Crippen LogP contribution in [-0.2, 0) is 11.2 Å². The Balaban J connectivity index is 1.74. The van der Waals surface area contributed by atoms with Crippen LogP contribution in [0.4, 0.5) is 0 Å². The van der Waals surface area contributed by atoms with Crippen molar-refractivity contribution >= 4 is 11.8 Å². The minimum absolute atomic E-state index is 0.0185. The molecule has 1 aliphatic rings. The summed E-state index contributed by atoms with van der Waals surface area (Å²) < 4.78 is 11.5. The second kappa shape index (κ2) is 11.1. The molecule has 2 aromatic carbocycles. The number of hydrogen-bond acceptors (Lipinski definition) is 5. The highest BCUT2D eigenvalue weighted by molar-refractivity contribution is 5.99. The Kier molecular flexibility index (Phi) is 8.28. The van der Waals surface area contributed by atoms with E-state index in [1.54, 1.807) is 18.2 Å². The van der Waals surface area contributed by atoms with E-state index < -0.39 is 11.4 Å². The molecule has 0 amide bonds. The summed E-state index contributed by atoms with van der Waals surface area (Å²) in [4.78, 5) is 25.1. The van der Waals surface area contributed by atoms with Crippen LogP contribution in [0.25, 0.3) is 0 Å². The lowest BCUT2D eigenvalue weighted by Crippen LogP contribution is -2.37. The number of carboxylic acid groups (broad SMARTS) is 1. The van der Waals surface area contributed by atoms with Gasteiger partial charge in [-0.05, 0) is 55.4 Å². The van der Waals surface area contributed by atoms with E-state index in [1.165, 1.54) is 0 Å². The maximum absolute atomic E-state index is 13.1. The van der Waals surface area contributed by atoms with Gasteiger partial charge in [0.15, 0.2) is 17.3 Å². The van der Waals surface area contributed by atoms with Crippen molar-refractivity contribution in [2.45, 2.75) is 45.4 Å². The van der Waals surface area contributed by atoms with E-state index in [2.05, 4.69) is 6.92 Å². The number of aliphatic hydroxyl groups is 1. The van der Waals surface area contributed by atoms with Gasteiger partial charge in [-0.25, -0.2) is 0 Å². The number of benzene rings is 2. The van der Waals surface area contributed by atoms with Crippen LogP contribution in [0.1, 0.15) is 54.9 Å². The maximum atomic E-state index is 13.1. The van der Waals surface area contributed by atoms with Crippen molar-refractivity contribution in [3.8, 4) is 11.5 Å². The van der Waals surface area contributed by atoms with Crippen LogP contribution in [0, 0.1) is 11.3 Å². The molecule has 2 aromatic rings. The van der Waals surface area contributed by atoms with Crippen LogP contribution in [0.3, 0.4) is 0 Å². The summed E-state index contributed by atoms with van der Waals surface area (Å²) in [5.41, 5.74) is 0.548. The molecule has 1 aliphatic carbocycles. The fourth-order valence-electron chi connectivity index (χ4n) is 4.18. The third kappa shape index (κ3) is 6.10. The van der Waals surface area contributed by atoms with E-state index in [9.17, 15) is 14.7 Å². The van der Waals surface area contributed by atoms with E-state index in [-0.39, 0.29) is 25.4 Å². The van der Waals surface area contributed by atoms with Gasteiger partial charge >= 0.3 is 5.97 Å². The van der Waals surface area contributed by atoms with Crippen molar-refractivity contribution in [2.75, 3.05) is 19.8 Å². The first-order valence-electron chi connectivity index (χ1n) is 11.2. The van der Waals surface area contributed by atoms with E-state index in [1.807, 2.05) is 30.3 Å². The number of ether oxygens (including phenoxy) is 2. The quantitative estimate of drug-likeness (QED) is 0.499. The lowest BCUT2D eigenvalue weighted by Gasteiger charge is -2.35. The van der Waals surface area contributed by atoms with Gasteiger partial charge in [-0.2, -0.15) is 0 Å². The number of carboxylic acids is 1. The minimum atomic E-state index is -0.996. The zero-order valence-corrected chi connectivity index (χ0v) is 18.6. The van der Waals surface area contributed by atoms with Crippen LogP contribution in [0.5, 0.6) is 11.5 Å². The summed E-state index contributed by atoms with van der Waals surface area (Å²) in [6.07, 6.45) is 3.36. The summed E-state index contributed by atoms with van der Waals surface area (Å²) in [6.45, 7) is 2.50. The highest BCUT2D eigenvalue weighted by atomic mass is 16.5. The molecule has 1 fully saturated rings. The summed E-state index contributed by atoms with van der Waals surface area (Å²) in [5, 5.41) is 19.0. The van der Waals surface area contributed by atoms with E-state index in [4.69, 9.17) is 14.6 Å². The number of carbonyl (C=O) groups excluding carboxylic acids is 1. The third-order valence-corrected chi connectivity index (χ3v) is 6.29. The second-order valence-electron chi connectivity index (χ2n) is 8.69. The highest BCUT2D eigenvalue weighted by Gasteiger charge is 2.43. The lowest BCUT2D eigenvalue weighted by atomic mass is 9.68. The summed E-state index contributed by atoms with van der Waals surface area (Å²) in [6, 6.07) is 14.8. The predicted octanol–water partition coefficient (Wildman–Crippen LogP) is 4.53. The average Bonchev–Trinajstić information content (AvgIpc) is 2.80. The Bertz CT molecular complexity index is 900. The Morgan fingerprint density at radius 2 is 1.69 bits per heavy atom. The monoisotopic (exact) mass is 440 g/mol. The topological polar surface area (TPSA) is 93.1 Å². The molecular formula is C26H32O6. The normalized spacial score (nSPS) is 20.5. The number of aliphatic hydroxyl groups excluding tert-OH is 1. The van der Waals surface area contributed by atoms with Gasteiger partial charge in [0.25, 0.3) is 0 Å². The SMILES string of the molecule is CC1CCC(CC(=O)c2ccc(OCCO)c(OCCc3ccccc3)c2)(C(=O)O)CC1. The van der Waals surface area contributed by atoms with Gasteiger partial charge in [-0.1, -0.05) is 37.3 Å². The number of aliphatic carboxylic acids is 1. The highest BCUT2D eigenvalue weighted by Crippen LogP contribution is 2.43. The molecule has 32 heavy (non-hydrogen) atoms. The maximum Gasteiger partial charge on any atom is 0.310 e. The molecule has 0 saturated heterocycles. The predicted molar refractivity (Wildman–Crippen MR) is 121 cm³/mol. The summed E-state index contributed by atoms with van der Waals surface area (Å²) >= 11 is 0. The van der Waals surface area contributed by atoms with E-state index >= 15 is 0 Å². The minimum Gasteiger partial charge on any atom is -0.489 e. The fourth-order valence-corrected chi connectivity index (χ4v) is 4.18. The molecule has 0 bridgehead atoms. The smallest absolute Gasteiger partial charge is 0.310 e. The van der Waals surface area contributed by atoms with Gasteiger partial charge in [-0.3, -0.25) is 9.59 Å². The molecule has 6 nitrogen and oxygen atoms in total. The van der Waals surface area contributed by atoms with Gasteiger partial charge in [0, 0.05) is 18.4 Å². The zero-order valence-electron chi connectivity index (χ0n) is 18.6. The molecule has 0 aromatic heterocycles. The third-order valence-electron chi connectivity index (χ3n) is 6.29. The molecule has 6 heteroatoms. The molecule has 0 aliphatic heterocycles. The van der Waals surface area contributed by atoms with Crippen LogP contribution in [-0.4, -0.2) is 41.8 Å². The van der Waals surface area contributed by atoms with Crippen LogP contribution < -0.4 is 9.47 Å². The number of Topliss-reactive ketones (excluding diaryl/α,β-unsaturated/α-hetero) is 1. The second-order valence-corrected chi connectivity index (χ2v) is 8.69. The van der Waals surface area contributed by atoms with Crippen molar-refractivity contribution in [3.63, 3.8) is 0 Å². The van der Waals surface area contributed by atoms with Crippen LogP contribution >= 0.6 is 0 Å². The first-order valence-corrected chi connectivity index (χ1v) is 11.2. The molecule has 3 rings (SSSR count). The Morgan fingerprint density at radius 3 is 2.34 bits per heavy atom. The Hall–Kier alpha value is -2.86. The summed E-state index contributed by atoms with van der Waals surface area (Å²) in [5.74, 6) is 0.263. The standard InChI is InChI=1S/C26H32O6/c1-19-9-12-26(13-10-19,25(29)30)18-22(28)21-7-8-23(32-16-14-27)24(17-21)31-15-11-20-5-3-2-4-6-20/h2-8,17,19,27H,9-16,18H2,1H3,(H,29,30). The molecule has 1 saturated carbocycles. The van der Waals surface area contributed by atoms with E-state index in [0.29, 0.717) is 48.8 Å². The van der Waals surface area contributed by atoms with Crippen molar-refractivity contribution in [3.05, 3.63) is 59.7 Å². The van der Waals surface area contributed by atoms with Crippen molar-refractivity contribution in [1.82, 2.24) is 0 Å². The molecule has 2 N–H and O–H groups in total. The van der Waals surface area contributed by atoms with Gasteiger partial charge in [0.2, 0.25) is 0 Å². The van der Waals surface area contributed by atoms with Gasteiger partial charge < -0.3 is 19.7 Å². The van der Waals surface area contributed by atoms with Gasteiger partial charge in [-0.15, -0.1) is 0 Å². The largest absolute Gasteiger partial charge is 0.489 e. The molecule has 0 radical (unpaired) electrons. The summed E-state index contributed by atoms with van der Waals surface area (Å²) in [7, 11) is 0. The van der Waals surface area contributed by atoms with Gasteiger partial charge in [0.05, 0.1) is 18.6 Å². The Morgan fingerprint density at radius 1 is 1.00 bits per heavy atom. The average molecular weight is 441 g/mol. The Labute approximate surface area is 189 Å². The van der Waals surface area contributed by atoms with Crippen molar-refractivity contribution in [2.24, 2.45) is 11.3 Å². The first-order chi connectivity index (χ1) is 15.4. The molecule has 172 valence electrons. The fraction of sp³-hybridized carbons (Fsp3) is 0.462. The van der Waals surface area contributed by atoms with Gasteiger partial charge in [0.1, 0.15) is 6.61 Å². The molecule has 0 heterocycles. The van der Waals surface area contributed by atoms with Crippen molar-refractivity contribution in [1.29, 1.82) is 0 Å². The number of carbonyl (C=O) groups is 2. The first kappa shape index (κ1) is 23.8. The zero-order chi connectivity index (χ0) is 23.0. The molecule has 0 unspecified atom stereocenters. The molecular weight excluding hydrogens is 408 g/mol. The van der Waals surface area contributed by atoms with Crippen LogP contribution in [0.15, 0.2) is 48.5 Å². The lowest BCUT2D eigenvalue weighted by molar-refractivity contribution is -0.151. The number of hydrogen-bond donors (Lipinski definition) is 2. The van der Waals surface area contributed by atoms with E-state index in [0.717, 1.165) is 18.4 Å². The number of ketones is 1. The van der Waals surface area contributed by atoms with Crippen molar-refractivity contribution < 1.29 is 29.3 Å². The van der Waals surface area contributed by atoms with Crippen LogP contribution in [0.2, 0.25) is 0 Å². The molecule has 0 spiro atoms. The number of rotatable bonds is 11. The molecule has 0 atom stereocenters.